The number of aldehydes is 1. The van der Waals surface area contributed by atoms with Gasteiger partial charge in [0.25, 0.3) is 0 Å². The number of rotatable bonds is 3. The number of hydrogen-bond donors (Lipinski definition) is 1. The monoisotopic (exact) mass is 224 g/mol. The summed E-state index contributed by atoms with van der Waals surface area (Å²) in [5, 5.41) is 8.06. The number of hydrogen-bond acceptors (Lipinski definition) is 3. The molecule has 0 spiro atoms. The fraction of sp³-hybridized carbons (Fsp3) is 0.200. The second-order valence-electron chi connectivity index (χ2n) is 3.08. The zero-order valence-electron chi connectivity index (χ0n) is 8.08. The predicted octanol–water partition coefficient (Wildman–Crippen LogP) is 1.97. The number of aromatic amines is 1. The molecule has 4 nitrogen and oxygen atoms in total. The van der Waals surface area contributed by atoms with Crippen LogP contribution in [0.15, 0.2) is 12.3 Å². The van der Waals surface area contributed by atoms with Crippen LogP contribution in [-0.2, 0) is 11.2 Å². The number of carbonyl (C=O) groups excluding carboxylic acids is 1. The molecule has 5 heteroatoms. The minimum atomic E-state index is 0.276. The molecule has 0 unspecified atom stereocenters. The number of methoxy groups -OCH3 is 1. The van der Waals surface area contributed by atoms with Gasteiger partial charge in [-0.05, 0) is 6.07 Å². The number of aromatic nitrogens is 2. The van der Waals surface area contributed by atoms with Crippen molar-refractivity contribution in [2.24, 2.45) is 0 Å². The molecule has 0 aliphatic carbocycles. The van der Waals surface area contributed by atoms with E-state index in [0.29, 0.717) is 10.8 Å². The highest BCUT2D eigenvalue weighted by Crippen LogP contribution is 2.33. The van der Waals surface area contributed by atoms with E-state index in [1.807, 2.05) is 0 Å². The van der Waals surface area contributed by atoms with Crippen molar-refractivity contribution in [1.29, 1.82) is 0 Å². The number of carbonyl (C=O) groups is 1. The van der Waals surface area contributed by atoms with E-state index in [2.05, 4.69) is 10.2 Å². The molecule has 78 valence electrons. The third-order valence-corrected chi connectivity index (χ3v) is 2.54. The number of H-pyrrole nitrogens is 1. The highest BCUT2D eigenvalue weighted by molar-refractivity contribution is 6.35. The second kappa shape index (κ2) is 3.90. The Kier molecular flexibility index (Phi) is 2.60. The Labute approximate surface area is 91.2 Å². The normalized spacial score (nSPS) is 10.5. The van der Waals surface area contributed by atoms with Crippen LogP contribution in [0.4, 0.5) is 0 Å². The molecule has 0 aliphatic rings. The lowest BCUT2D eigenvalue weighted by Crippen LogP contribution is -1.94. The van der Waals surface area contributed by atoms with E-state index in [1.54, 1.807) is 19.4 Å². The maximum absolute atomic E-state index is 10.5. The molecule has 15 heavy (non-hydrogen) atoms. The maximum atomic E-state index is 10.5. The fourth-order valence-corrected chi connectivity index (χ4v) is 1.85. The van der Waals surface area contributed by atoms with E-state index in [-0.39, 0.29) is 6.42 Å². The molecule has 0 radical (unpaired) electrons. The summed E-state index contributed by atoms with van der Waals surface area (Å²) in [6, 6.07) is 1.73. The molecule has 0 saturated heterocycles. The Bertz CT molecular complexity index is 507. The quantitative estimate of drug-likeness (QED) is 0.811. The summed E-state index contributed by atoms with van der Waals surface area (Å²) in [5.41, 5.74) is 1.48. The number of nitrogens with one attached hydrogen (secondary N) is 1. The summed E-state index contributed by atoms with van der Waals surface area (Å²) in [4.78, 5) is 10.5. The third kappa shape index (κ3) is 1.57. The summed E-state index contributed by atoms with van der Waals surface area (Å²) in [6.45, 7) is 0. The van der Waals surface area contributed by atoms with Gasteiger partial charge in [-0.2, -0.15) is 5.10 Å². The van der Waals surface area contributed by atoms with Gasteiger partial charge in [0.15, 0.2) is 0 Å². The highest BCUT2D eigenvalue weighted by atomic mass is 35.5. The van der Waals surface area contributed by atoms with Crippen LogP contribution in [0.1, 0.15) is 5.56 Å². The molecule has 0 amide bonds. The van der Waals surface area contributed by atoms with Gasteiger partial charge in [-0.15, -0.1) is 0 Å². The smallest absolute Gasteiger partial charge is 0.148 e. The number of ether oxygens (including phenoxy) is 1. The minimum Gasteiger partial charge on any atom is -0.494 e. The topological polar surface area (TPSA) is 55.0 Å². The Balaban J connectivity index is 2.74. The van der Waals surface area contributed by atoms with Gasteiger partial charge in [0.2, 0.25) is 0 Å². The van der Waals surface area contributed by atoms with Gasteiger partial charge in [-0.3, -0.25) is 5.10 Å². The number of nitrogens with zero attached hydrogens (tertiary/aromatic N) is 1. The Morgan fingerprint density at radius 1 is 1.67 bits per heavy atom. The van der Waals surface area contributed by atoms with E-state index >= 15 is 0 Å². The molecule has 1 aromatic heterocycles. The molecule has 2 aromatic rings. The minimum absolute atomic E-state index is 0.276. The van der Waals surface area contributed by atoms with E-state index in [9.17, 15) is 4.79 Å². The van der Waals surface area contributed by atoms with Gasteiger partial charge in [-0.1, -0.05) is 11.6 Å². The first-order chi connectivity index (χ1) is 7.27. The summed E-state index contributed by atoms with van der Waals surface area (Å²) in [5.74, 6) is 0.624. The van der Waals surface area contributed by atoms with Crippen molar-refractivity contribution in [3.63, 3.8) is 0 Å². The Hall–Kier alpha value is -1.55. The van der Waals surface area contributed by atoms with Crippen LogP contribution >= 0.6 is 11.6 Å². The lowest BCUT2D eigenvalue weighted by Gasteiger charge is -2.07. The molecule has 0 fully saturated rings. The maximum Gasteiger partial charge on any atom is 0.148 e. The number of fused-ring (bicyclic) bond motifs is 1. The molecule has 1 aromatic carbocycles. The third-order valence-electron chi connectivity index (χ3n) is 2.22. The van der Waals surface area contributed by atoms with Gasteiger partial charge in [0.1, 0.15) is 17.6 Å². The number of halogens is 1. The zero-order valence-corrected chi connectivity index (χ0v) is 8.84. The first-order valence-corrected chi connectivity index (χ1v) is 4.77. The van der Waals surface area contributed by atoms with Crippen LogP contribution in [0.25, 0.3) is 10.9 Å². The molecule has 2 rings (SSSR count). The molecule has 1 N–H and O–H groups in total. The summed E-state index contributed by atoms with van der Waals surface area (Å²) in [6.07, 6.45) is 2.72. The van der Waals surface area contributed by atoms with Crippen LogP contribution < -0.4 is 4.74 Å². The van der Waals surface area contributed by atoms with Crippen molar-refractivity contribution in [2.75, 3.05) is 7.11 Å². The molecular weight excluding hydrogens is 216 g/mol. The van der Waals surface area contributed by atoms with Gasteiger partial charge in [0.05, 0.1) is 18.3 Å². The van der Waals surface area contributed by atoms with Crippen LogP contribution in [-0.4, -0.2) is 23.6 Å². The molecule has 0 atom stereocenters. The average molecular weight is 225 g/mol. The van der Waals surface area contributed by atoms with Crippen molar-refractivity contribution in [2.45, 2.75) is 6.42 Å². The summed E-state index contributed by atoms with van der Waals surface area (Å²) < 4.78 is 5.24. The standard InChI is InChI=1S/C10H9ClN2O2/c1-15-10-6(2-3-14)4-8(11)7-5-12-13-9(7)10/h3-5H,2H2,1H3,(H,12,13). The lowest BCUT2D eigenvalue weighted by molar-refractivity contribution is -0.107. The summed E-state index contributed by atoms with van der Waals surface area (Å²) in [7, 11) is 1.55. The van der Waals surface area contributed by atoms with Crippen molar-refractivity contribution in [3.8, 4) is 5.75 Å². The molecule has 0 bridgehead atoms. The van der Waals surface area contributed by atoms with Crippen LogP contribution in [0, 0.1) is 0 Å². The summed E-state index contributed by atoms with van der Waals surface area (Å²) >= 11 is 6.04. The fourth-order valence-electron chi connectivity index (χ4n) is 1.57. The SMILES string of the molecule is COc1c(CC=O)cc(Cl)c2cn[nH]c12. The average Bonchev–Trinajstić information content (AvgIpc) is 2.68. The van der Waals surface area contributed by atoms with Crippen molar-refractivity contribution >= 4 is 28.8 Å². The van der Waals surface area contributed by atoms with Gasteiger partial charge < -0.3 is 9.53 Å². The second-order valence-corrected chi connectivity index (χ2v) is 3.49. The van der Waals surface area contributed by atoms with Crippen molar-refractivity contribution in [3.05, 3.63) is 22.8 Å². The first-order valence-electron chi connectivity index (χ1n) is 4.40. The lowest BCUT2D eigenvalue weighted by atomic mass is 10.1. The molecular formula is C10H9ClN2O2. The highest BCUT2D eigenvalue weighted by Gasteiger charge is 2.12. The Morgan fingerprint density at radius 2 is 2.47 bits per heavy atom. The van der Waals surface area contributed by atoms with Crippen molar-refractivity contribution < 1.29 is 9.53 Å². The molecule has 0 aliphatic heterocycles. The van der Waals surface area contributed by atoms with E-state index in [1.165, 1.54) is 0 Å². The predicted molar refractivity (Wildman–Crippen MR) is 57.4 cm³/mol. The van der Waals surface area contributed by atoms with Gasteiger partial charge in [-0.25, -0.2) is 0 Å². The Morgan fingerprint density at radius 3 is 3.13 bits per heavy atom. The van der Waals surface area contributed by atoms with Crippen LogP contribution in [0.3, 0.4) is 0 Å². The van der Waals surface area contributed by atoms with E-state index < -0.39 is 0 Å². The largest absolute Gasteiger partial charge is 0.494 e. The van der Waals surface area contributed by atoms with Crippen LogP contribution in [0.5, 0.6) is 5.75 Å². The van der Waals surface area contributed by atoms with Crippen molar-refractivity contribution in [1.82, 2.24) is 10.2 Å². The first kappa shape index (κ1) is 9.98. The van der Waals surface area contributed by atoms with E-state index in [4.69, 9.17) is 16.3 Å². The van der Waals surface area contributed by atoms with Crippen LogP contribution in [0.2, 0.25) is 5.02 Å². The zero-order chi connectivity index (χ0) is 10.8. The molecule has 0 saturated carbocycles. The van der Waals surface area contributed by atoms with Gasteiger partial charge in [0, 0.05) is 17.4 Å². The molecule has 1 heterocycles. The van der Waals surface area contributed by atoms with E-state index in [0.717, 1.165) is 22.8 Å². The van der Waals surface area contributed by atoms with Gasteiger partial charge >= 0.3 is 0 Å². The number of benzene rings is 1.